The first kappa shape index (κ1) is 31.9. The zero-order valence-corrected chi connectivity index (χ0v) is 26.4. The molecule has 8 heteroatoms. The van der Waals surface area contributed by atoms with Crippen molar-refractivity contribution >= 4 is 35.4 Å². The Morgan fingerprint density at radius 3 is 2.56 bits per heavy atom. The molecule has 1 saturated heterocycles. The molecule has 1 amide bonds. The van der Waals surface area contributed by atoms with Crippen molar-refractivity contribution < 1.29 is 19.4 Å². The highest BCUT2D eigenvalue weighted by Crippen LogP contribution is 2.32. The average molecular weight is 599 g/mol. The average Bonchev–Trinajstić information content (AvgIpc) is 3.37. The third-order valence-electron chi connectivity index (χ3n) is 8.57. The lowest BCUT2D eigenvalue weighted by molar-refractivity contribution is -0.139. The number of benzene rings is 2. The molecule has 1 aliphatic heterocycles. The van der Waals surface area contributed by atoms with Crippen LogP contribution in [0.5, 0.6) is 0 Å². The van der Waals surface area contributed by atoms with Gasteiger partial charge in [0.1, 0.15) is 6.04 Å². The molecule has 1 heterocycles. The molecular formula is C33H46N2O4S2. The molecular weight excluding hydrogens is 553 g/mol. The summed E-state index contributed by atoms with van der Waals surface area (Å²) in [5.41, 5.74) is 4.57. The highest BCUT2D eigenvalue weighted by Gasteiger charge is 2.32. The van der Waals surface area contributed by atoms with Crippen molar-refractivity contribution in [3.05, 3.63) is 59.2 Å². The summed E-state index contributed by atoms with van der Waals surface area (Å²) in [7, 11) is 0. The van der Waals surface area contributed by atoms with Gasteiger partial charge in [-0.3, -0.25) is 9.69 Å². The molecule has 2 aliphatic rings. The van der Waals surface area contributed by atoms with Gasteiger partial charge in [0, 0.05) is 36.6 Å². The van der Waals surface area contributed by atoms with Crippen LogP contribution in [0.1, 0.15) is 66.4 Å². The van der Waals surface area contributed by atoms with Crippen LogP contribution in [-0.4, -0.2) is 77.2 Å². The third-order valence-corrected chi connectivity index (χ3v) is 10.2. The van der Waals surface area contributed by atoms with E-state index in [4.69, 9.17) is 4.74 Å². The minimum Gasteiger partial charge on any atom is -0.480 e. The largest absolute Gasteiger partial charge is 0.480 e. The Hall–Kier alpha value is -2.00. The first-order valence-corrected chi connectivity index (χ1v) is 17.6. The van der Waals surface area contributed by atoms with E-state index in [1.165, 1.54) is 32.1 Å². The molecule has 2 aromatic rings. The van der Waals surface area contributed by atoms with E-state index < -0.39 is 12.0 Å². The number of carbonyl (C=O) groups excluding carboxylic acids is 1. The predicted molar refractivity (Wildman–Crippen MR) is 172 cm³/mol. The summed E-state index contributed by atoms with van der Waals surface area (Å²) in [6.07, 6.45) is 12.3. The molecule has 2 N–H and O–H groups in total. The van der Waals surface area contributed by atoms with Crippen molar-refractivity contribution in [2.75, 3.05) is 38.0 Å². The molecule has 41 heavy (non-hydrogen) atoms. The number of ether oxygens (including phenoxy) is 1. The van der Waals surface area contributed by atoms with Crippen molar-refractivity contribution in [2.24, 2.45) is 5.92 Å². The van der Waals surface area contributed by atoms with Crippen LogP contribution in [0.2, 0.25) is 0 Å². The van der Waals surface area contributed by atoms with Crippen LogP contribution in [0.3, 0.4) is 0 Å². The number of amides is 1. The maximum atomic E-state index is 13.5. The molecule has 6 nitrogen and oxygen atoms in total. The molecule has 2 fully saturated rings. The summed E-state index contributed by atoms with van der Waals surface area (Å²) >= 11 is 3.51. The van der Waals surface area contributed by atoms with Crippen LogP contribution in [0.25, 0.3) is 11.1 Å². The first-order valence-electron chi connectivity index (χ1n) is 15.0. The fourth-order valence-corrected chi connectivity index (χ4v) is 7.38. The van der Waals surface area contributed by atoms with Crippen molar-refractivity contribution in [3.63, 3.8) is 0 Å². The Morgan fingerprint density at radius 1 is 1.07 bits per heavy atom. The molecule has 2 aromatic carbocycles. The monoisotopic (exact) mass is 598 g/mol. The number of carbonyl (C=O) groups is 2. The Morgan fingerprint density at radius 2 is 1.85 bits per heavy atom. The molecule has 3 atom stereocenters. The lowest BCUT2D eigenvalue weighted by Gasteiger charge is -2.27. The molecule has 3 unspecified atom stereocenters. The second-order valence-electron chi connectivity index (χ2n) is 11.6. The van der Waals surface area contributed by atoms with E-state index in [9.17, 15) is 14.7 Å². The standard InChI is InChI=1S/C33H46N2O4S2/c1-23-9-7-8-12-28(23)30-17-25(13-14-29(30)32(36)34-31(33(37)38)15-16-40-2)19-35-20-27(41-3)18-26(35)22-39-21-24-10-5-4-6-11-24/h7-9,12-14,17,24,26-27,31H,4-6,10-11,15-16,18-22H2,1-3H3,(H,34,36)(H,37,38). The van der Waals surface area contributed by atoms with Gasteiger partial charge in [0.05, 0.1) is 6.61 Å². The summed E-state index contributed by atoms with van der Waals surface area (Å²) in [5.74, 6) is 0.0301. The molecule has 0 aromatic heterocycles. The number of carboxylic acid groups (broad SMARTS) is 1. The molecule has 0 spiro atoms. The van der Waals surface area contributed by atoms with Gasteiger partial charge in [-0.05, 0) is 91.2 Å². The van der Waals surface area contributed by atoms with E-state index in [0.717, 1.165) is 55.0 Å². The Bertz CT molecular complexity index is 1150. The lowest BCUT2D eigenvalue weighted by Crippen LogP contribution is -2.41. The van der Waals surface area contributed by atoms with Crippen LogP contribution < -0.4 is 5.32 Å². The van der Waals surface area contributed by atoms with Gasteiger partial charge >= 0.3 is 5.97 Å². The topological polar surface area (TPSA) is 78.9 Å². The number of nitrogens with zero attached hydrogens (tertiary/aromatic N) is 1. The van der Waals surface area contributed by atoms with Gasteiger partial charge in [-0.25, -0.2) is 4.79 Å². The number of nitrogens with one attached hydrogen (secondary N) is 1. The molecule has 1 saturated carbocycles. The number of thioether (sulfide) groups is 2. The highest BCUT2D eigenvalue weighted by molar-refractivity contribution is 7.99. The van der Waals surface area contributed by atoms with Crippen molar-refractivity contribution in [1.82, 2.24) is 10.2 Å². The van der Waals surface area contributed by atoms with E-state index in [-0.39, 0.29) is 5.91 Å². The third kappa shape index (κ3) is 8.99. The van der Waals surface area contributed by atoms with Crippen LogP contribution >= 0.6 is 23.5 Å². The molecule has 1 aliphatic carbocycles. The Labute approximate surface area is 254 Å². The second kappa shape index (κ2) is 16.0. The van der Waals surface area contributed by atoms with E-state index >= 15 is 0 Å². The predicted octanol–water partition coefficient (Wildman–Crippen LogP) is 6.50. The minimum absolute atomic E-state index is 0.346. The minimum atomic E-state index is -1.00. The molecule has 4 rings (SSSR count). The van der Waals surface area contributed by atoms with Gasteiger partial charge in [0.25, 0.3) is 5.91 Å². The Balaban J connectivity index is 1.53. The number of carboxylic acids is 1. The first-order chi connectivity index (χ1) is 19.9. The number of hydrogen-bond donors (Lipinski definition) is 2. The summed E-state index contributed by atoms with van der Waals surface area (Å²) in [4.78, 5) is 27.8. The SMILES string of the molecule is CSCCC(NC(=O)c1ccc(CN2CC(SC)CC2COCC2CCCCC2)cc1-c1ccccc1C)C(=O)O. The van der Waals surface area contributed by atoms with Gasteiger partial charge in [0.15, 0.2) is 0 Å². The number of aliphatic carboxylic acids is 1. The number of likely N-dealkylation sites (tertiary alicyclic amines) is 1. The fraction of sp³-hybridized carbons (Fsp3) is 0.576. The summed E-state index contributed by atoms with van der Waals surface area (Å²) in [6, 6.07) is 13.6. The maximum Gasteiger partial charge on any atom is 0.326 e. The summed E-state index contributed by atoms with van der Waals surface area (Å²) in [6.45, 7) is 5.51. The van der Waals surface area contributed by atoms with E-state index in [0.29, 0.717) is 34.9 Å². The van der Waals surface area contributed by atoms with Gasteiger partial charge in [0.2, 0.25) is 0 Å². The van der Waals surface area contributed by atoms with E-state index in [1.54, 1.807) is 11.8 Å². The molecule has 0 bridgehead atoms. The maximum absolute atomic E-state index is 13.5. The smallest absolute Gasteiger partial charge is 0.326 e. The quantitative estimate of drug-likeness (QED) is 0.257. The molecule has 0 radical (unpaired) electrons. The van der Waals surface area contributed by atoms with Gasteiger partial charge in [-0.1, -0.05) is 49.6 Å². The second-order valence-corrected chi connectivity index (χ2v) is 13.7. The zero-order chi connectivity index (χ0) is 29.2. The fourth-order valence-electron chi connectivity index (χ4n) is 6.15. The van der Waals surface area contributed by atoms with Crippen molar-refractivity contribution in [1.29, 1.82) is 0 Å². The summed E-state index contributed by atoms with van der Waals surface area (Å²) < 4.78 is 6.31. The van der Waals surface area contributed by atoms with Gasteiger partial charge < -0.3 is 15.2 Å². The van der Waals surface area contributed by atoms with Crippen LogP contribution in [-0.2, 0) is 16.1 Å². The van der Waals surface area contributed by atoms with Crippen LogP contribution in [0, 0.1) is 12.8 Å². The van der Waals surface area contributed by atoms with E-state index in [1.807, 2.05) is 61.3 Å². The zero-order valence-electron chi connectivity index (χ0n) is 24.8. The van der Waals surface area contributed by atoms with Crippen LogP contribution in [0.15, 0.2) is 42.5 Å². The van der Waals surface area contributed by atoms with Gasteiger partial charge in [-0.15, -0.1) is 0 Å². The molecule has 224 valence electrons. The highest BCUT2D eigenvalue weighted by atomic mass is 32.2. The van der Waals surface area contributed by atoms with Gasteiger partial charge in [-0.2, -0.15) is 23.5 Å². The number of aryl methyl sites for hydroxylation is 1. The summed E-state index contributed by atoms with van der Waals surface area (Å²) in [5, 5.41) is 13.1. The van der Waals surface area contributed by atoms with Crippen molar-refractivity contribution in [3.8, 4) is 11.1 Å². The Kier molecular flexibility index (Phi) is 12.5. The lowest BCUT2D eigenvalue weighted by atomic mass is 9.90. The van der Waals surface area contributed by atoms with Crippen LogP contribution in [0.4, 0.5) is 0 Å². The normalized spacial score (nSPS) is 20.7. The van der Waals surface area contributed by atoms with E-state index in [2.05, 4.69) is 22.5 Å². The number of hydrogen-bond acceptors (Lipinski definition) is 6. The van der Waals surface area contributed by atoms with Crippen molar-refractivity contribution in [2.45, 2.75) is 75.7 Å². The number of rotatable bonds is 14.